The summed E-state index contributed by atoms with van der Waals surface area (Å²) in [6.45, 7) is 6.44. The first kappa shape index (κ1) is 14.8. The first-order chi connectivity index (χ1) is 8.43. The molecule has 0 aliphatic heterocycles. The van der Waals surface area contributed by atoms with Crippen molar-refractivity contribution in [2.24, 2.45) is 5.92 Å². The van der Waals surface area contributed by atoms with Gasteiger partial charge in [-0.15, -0.1) is 0 Å². The Balaban J connectivity index is 2.84. The molecule has 1 rings (SSSR count). The Bertz CT molecular complexity index is 418. The third kappa shape index (κ3) is 4.22. The molecular weight excluding hydrogens is 250 g/mol. The van der Waals surface area contributed by atoms with E-state index in [0.717, 1.165) is 12.1 Å². The van der Waals surface area contributed by atoms with Crippen molar-refractivity contribution in [2.45, 2.75) is 33.2 Å². The van der Waals surface area contributed by atoms with E-state index >= 15 is 0 Å². The number of halogens is 1. The molecule has 0 bridgehead atoms. The van der Waals surface area contributed by atoms with Crippen LogP contribution in [0.3, 0.4) is 0 Å². The van der Waals surface area contributed by atoms with Gasteiger partial charge in [-0.25, -0.2) is 4.79 Å². The molecule has 0 heterocycles. The van der Waals surface area contributed by atoms with Crippen LogP contribution in [0.5, 0.6) is 0 Å². The molecule has 0 saturated heterocycles. The van der Waals surface area contributed by atoms with E-state index < -0.39 is 0 Å². The summed E-state index contributed by atoms with van der Waals surface area (Å²) < 4.78 is 4.69. The van der Waals surface area contributed by atoms with Crippen LogP contribution in [-0.2, 0) is 4.74 Å². The van der Waals surface area contributed by atoms with E-state index in [0.29, 0.717) is 22.5 Å². The van der Waals surface area contributed by atoms with Gasteiger partial charge in [0.05, 0.1) is 23.4 Å². The van der Waals surface area contributed by atoms with Gasteiger partial charge in [-0.1, -0.05) is 25.4 Å². The molecule has 0 spiro atoms. The number of hydrogen-bond donors (Lipinski definition) is 1. The molecule has 1 N–H and O–H groups in total. The lowest BCUT2D eigenvalue weighted by atomic mass is 10.0. The van der Waals surface area contributed by atoms with Gasteiger partial charge in [0, 0.05) is 6.04 Å². The maximum Gasteiger partial charge on any atom is 0.337 e. The summed E-state index contributed by atoms with van der Waals surface area (Å²) in [5.41, 5.74) is 1.27. The Labute approximate surface area is 113 Å². The summed E-state index contributed by atoms with van der Waals surface area (Å²) in [5, 5.41) is 3.93. The normalized spacial score (nSPS) is 12.3. The van der Waals surface area contributed by atoms with E-state index in [1.165, 1.54) is 7.11 Å². The summed E-state index contributed by atoms with van der Waals surface area (Å²) >= 11 is 6.11. The van der Waals surface area contributed by atoms with Crippen molar-refractivity contribution in [3.05, 3.63) is 28.8 Å². The summed E-state index contributed by atoms with van der Waals surface area (Å²) in [7, 11) is 1.37. The number of ether oxygens (including phenoxy) is 1. The van der Waals surface area contributed by atoms with E-state index in [9.17, 15) is 4.79 Å². The fourth-order valence-corrected chi connectivity index (χ4v) is 2.08. The van der Waals surface area contributed by atoms with Crippen LogP contribution in [0.4, 0.5) is 5.69 Å². The molecule has 0 aliphatic carbocycles. The third-order valence-electron chi connectivity index (χ3n) is 2.61. The van der Waals surface area contributed by atoms with Crippen LogP contribution in [0.2, 0.25) is 5.02 Å². The second-order valence-electron chi connectivity index (χ2n) is 4.86. The molecule has 3 nitrogen and oxygen atoms in total. The van der Waals surface area contributed by atoms with Crippen LogP contribution >= 0.6 is 11.6 Å². The van der Waals surface area contributed by atoms with Gasteiger partial charge in [-0.2, -0.15) is 0 Å². The van der Waals surface area contributed by atoms with Gasteiger partial charge < -0.3 is 10.1 Å². The molecule has 18 heavy (non-hydrogen) atoms. The topological polar surface area (TPSA) is 38.3 Å². The summed E-state index contributed by atoms with van der Waals surface area (Å²) in [6.07, 6.45) is 1.04. The summed E-state index contributed by atoms with van der Waals surface area (Å²) in [5.74, 6) is 0.251. The predicted molar refractivity (Wildman–Crippen MR) is 75.3 cm³/mol. The van der Waals surface area contributed by atoms with Gasteiger partial charge in [0.1, 0.15) is 0 Å². The van der Waals surface area contributed by atoms with Gasteiger partial charge in [-0.05, 0) is 37.5 Å². The number of carbonyl (C=O) groups excluding carboxylic acids is 1. The van der Waals surface area contributed by atoms with Gasteiger partial charge in [-0.3, -0.25) is 0 Å². The quantitative estimate of drug-likeness (QED) is 0.822. The predicted octanol–water partition coefficient (Wildman–Crippen LogP) is 3.97. The Morgan fingerprint density at radius 3 is 2.61 bits per heavy atom. The minimum atomic E-state index is -0.355. The Morgan fingerprint density at radius 2 is 2.06 bits per heavy atom. The van der Waals surface area contributed by atoms with Gasteiger partial charge >= 0.3 is 5.97 Å². The average Bonchev–Trinajstić information content (AvgIpc) is 2.30. The molecule has 0 fully saturated rings. The molecule has 0 amide bonds. The van der Waals surface area contributed by atoms with Crippen LogP contribution < -0.4 is 5.32 Å². The van der Waals surface area contributed by atoms with E-state index in [-0.39, 0.29) is 5.97 Å². The highest BCUT2D eigenvalue weighted by Crippen LogP contribution is 2.25. The number of rotatable bonds is 5. The number of nitrogens with one attached hydrogen (secondary N) is 1. The molecule has 100 valence electrons. The van der Waals surface area contributed by atoms with Crippen molar-refractivity contribution in [1.29, 1.82) is 0 Å². The summed E-state index contributed by atoms with van der Waals surface area (Å²) in [6, 6.07) is 5.39. The van der Waals surface area contributed by atoms with Crippen LogP contribution in [0.15, 0.2) is 18.2 Å². The fourth-order valence-electron chi connectivity index (χ4n) is 1.91. The lowest BCUT2D eigenvalue weighted by Crippen LogP contribution is -2.18. The summed E-state index contributed by atoms with van der Waals surface area (Å²) in [4.78, 5) is 11.4. The van der Waals surface area contributed by atoms with Crippen LogP contribution in [0, 0.1) is 5.92 Å². The first-order valence-corrected chi connectivity index (χ1v) is 6.46. The Kier molecular flexibility index (Phi) is 5.48. The van der Waals surface area contributed by atoms with Crippen molar-refractivity contribution >= 4 is 23.3 Å². The molecule has 4 heteroatoms. The SMILES string of the molecule is COC(=O)c1ccc(Cl)c(NC(C)CC(C)C)c1. The largest absolute Gasteiger partial charge is 0.465 e. The van der Waals surface area contributed by atoms with Crippen molar-refractivity contribution < 1.29 is 9.53 Å². The second kappa shape index (κ2) is 6.64. The third-order valence-corrected chi connectivity index (χ3v) is 2.94. The standard InChI is InChI=1S/C14H20ClNO2/c1-9(2)7-10(3)16-13-8-11(14(17)18-4)5-6-12(13)15/h5-6,8-10,16H,7H2,1-4H3. The van der Waals surface area contributed by atoms with E-state index in [1.807, 2.05) is 0 Å². The zero-order valence-corrected chi connectivity index (χ0v) is 12.0. The number of hydrogen-bond acceptors (Lipinski definition) is 3. The number of methoxy groups -OCH3 is 1. The molecule has 0 saturated carbocycles. The fraction of sp³-hybridized carbons (Fsp3) is 0.500. The van der Waals surface area contributed by atoms with Crippen molar-refractivity contribution in [2.75, 3.05) is 12.4 Å². The number of anilines is 1. The minimum absolute atomic E-state index is 0.301. The molecular formula is C14H20ClNO2. The highest BCUT2D eigenvalue weighted by Gasteiger charge is 2.11. The zero-order chi connectivity index (χ0) is 13.7. The van der Waals surface area contributed by atoms with Crippen LogP contribution in [0.1, 0.15) is 37.6 Å². The maximum absolute atomic E-state index is 11.4. The molecule has 0 radical (unpaired) electrons. The number of esters is 1. The van der Waals surface area contributed by atoms with Crippen molar-refractivity contribution in [3.63, 3.8) is 0 Å². The minimum Gasteiger partial charge on any atom is -0.465 e. The van der Waals surface area contributed by atoms with E-state index in [2.05, 4.69) is 26.1 Å². The average molecular weight is 270 g/mol. The lowest BCUT2D eigenvalue weighted by Gasteiger charge is -2.18. The van der Waals surface area contributed by atoms with Crippen molar-refractivity contribution in [1.82, 2.24) is 0 Å². The van der Waals surface area contributed by atoms with Gasteiger partial charge in [0.15, 0.2) is 0 Å². The number of carbonyl (C=O) groups is 1. The zero-order valence-electron chi connectivity index (χ0n) is 11.3. The van der Waals surface area contributed by atoms with Crippen LogP contribution in [0.25, 0.3) is 0 Å². The maximum atomic E-state index is 11.4. The Morgan fingerprint density at radius 1 is 1.39 bits per heavy atom. The molecule has 1 aromatic carbocycles. The molecule has 1 atom stereocenters. The highest BCUT2D eigenvalue weighted by atomic mass is 35.5. The van der Waals surface area contributed by atoms with Gasteiger partial charge in [0.25, 0.3) is 0 Å². The first-order valence-electron chi connectivity index (χ1n) is 6.08. The van der Waals surface area contributed by atoms with Crippen LogP contribution in [-0.4, -0.2) is 19.1 Å². The monoisotopic (exact) mass is 269 g/mol. The van der Waals surface area contributed by atoms with Gasteiger partial charge in [0.2, 0.25) is 0 Å². The lowest BCUT2D eigenvalue weighted by molar-refractivity contribution is 0.0601. The van der Waals surface area contributed by atoms with E-state index in [4.69, 9.17) is 16.3 Å². The second-order valence-corrected chi connectivity index (χ2v) is 5.27. The molecule has 0 aromatic heterocycles. The molecule has 1 unspecified atom stereocenters. The van der Waals surface area contributed by atoms with E-state index in [1.54, 1.807) is 18.2 Å². The molecule has 1 aromatic rings. The Hall–Kier alpha value is -1.22. The molecule has 0 aliphatic rings. The highest BCUT2D eigenvalue weighted by molar-refractivity contribution is 6.33. The number of benzene rings is 1. The van der Waals surface area contributed by atoms with Crippen molar-refractivity contribution in [3.8, 4) is 0 Å². The smallest absolute Gasteiger partial charge is 0.337 e.